The molecule has 0 aliphatic carbocycles. The van der Waals surface area contributed by atoms with Crippen molar-refractivity contribution in [3.05, 3.63) is 53.7 Å². The molecule has 0 radical (unpaired) electrons. The summed E-state index contributed by atoms with van der Waals surface area (Å²) in [6.45, 7) is 0. The predicted octanol–water partition coefficient (Wildman–Crippen LogP) is 3.27. The number of halogens is 2. The second kappa shape index (κ2) is 4.27. The molecule has 0 bridgehead atoms. The molecule has 18 heavy (non-hydrogen) atoms. The van der Waals surface area contributed by atoms with Crippen LogP contribution in [0, 0.1) is 5.82 Å². The molecule has 0 aliphatic heterocycles. The molecule has 2 aromatic heterocycles. The maximum atomic E-state index is 13.7. The first-order chi connectivity index (χ1) is 8.74. The van der Waals surface area contributed by atoms with E-state index in [-0.39, 0.29) is 0 Å². The van der Waals surface area contributed by atoms with Crippen LogP contribution in [0.25, 0.3) is 5.52 Å². The summed E-state index contributed by atoms with van der Waals surface area (Å²) in [5, 5.41) is 7.31. The van der Waals surface area contributed by atoms with Gasteiger partial charge in [0, 0.05) is 11.2 Å². The lowest BCUT2D eigenvalue weighted by Crippen LogP contribution is -2.00. The van der Waals surface area contributed by atoms with E-state index in [1.54, 1.807) is 22.8 Å². The van der Waals surface area contributed by atoms with Crippen molar-refractivity contribution in [3.63, 3.8) is 0 Å². The van der Waals surface area contributed by atoms with Crippen molar-refractivity contribution in [2.45, 2.75) is 0 Å². The van der Waals surface area contributed by atoms with Crippen LogP contribution >= 0.6 is 11.6 Å². The Balaban J connectivity index is 2.03. The van der Waals surface area contributed by atoms with Crippen molar-refractivity contribution >= 4 is 28.6 Å². The Morgan fingerprint density at radius 2 is 2.17 bits per heavy atom. The number of rotatable bonds is 2. The Labute approximate surface area is 107 Å². The average Bonchev–Trinajstić information content (AvgIpc) is 2.82. The van der Waals surface area contributed by atoms with E-state index >= 15 is 0 Å². The van der Waals surface area contributed by atoms with E-state index in [0.717, 1.165) is 5.52 Å². The number of fused-ring (bicyclic) bond motifs is 1. The molecular formula is C12H8ClFN4. The van der Waals surface area contributed by atoms with E-state index in [2.05, 4.69) is 15.4 Å². The standard InChI is InChI=1S/C12H8ClFN4/c13-8-3-4-10(9(14)6-8)17-12-11-2-1-5-18(11)16-7-15-12/h1-7H,(H,15,16,17). The van der Waals surface area contributed by atoms with Gasteiger partial charge in [0.1, 0.15) is 17.7 Å². The Morgan fingerprint density at radius 3 is 3.00 bits per heavy atom. The van der Waals surface area contributed by atoms with Crippen molar-refractivity contribution in [2.75, 3.05) is 5.32 Å². The van der Waals surface area contributed by atoms with E-state index in [0.29, 0.717) is 16.5 Å². The first kappa shape index (κ1) is 11.0. The third kappa shape index (κ3) is 1.89. The lowest BCUT2D eigenvalue weighted by atomic mass is 10.3. The molecule has 0 unspecified atom stereocenters. The highest BCUT2D eigenvalue weighted by Gasteiger charge is 2.07. The molecule has 6 heteroatoms. The van der Waals surface area contributed by atoms with Crippen molar-refractivity contribution in [1.29, 1.82) is 0 Å². The zero-order valence-corrected chi connectivity index (χ0v) is 9.89. The summed E-state index contributed by atoms with van der Waals surface area (Å²) in [6, 6.07) is 8.12. The van der Waals surface area contributed by atoms with Crippen LogP contribution in [0.3, 0.4) is 0 Å². The van der Waals surface area contributed by atoms with E-state index in [1.807, 2.05) is 12.1 Å². The average molecular weight is 263 g/mol. The molecule has 0 fully saturated rings. The van der Waals surface area contributed by atoms with Gasteiger partial charge in [0.25, 0.3) is 0 Å². The molecule has 0 saturated heterocycles. The van der Waals surface area contributed by atoms with Crippen molar-refractivity contribution in [2.24, 2.45) is 0 Å². The van der Waals surface area contributed by atoms with Gasteiger partial charge in [-0.15, -0.1) is 0 Å². The van der Waals surface area contributed by atoms with Gasteiger partial charge in [0.05, 0.1) is 5.69 Å². The third-order valence-electron chi connectivity index (χ3n) is 2.52. The fraction of sp³-hybridized carbons (Fsp3) is 0. The summed E-state index contributed by atoms with van der Waals surface area (Å²) in [7, 11) is 0. The second-order valence-electron chi connectivity index (χ2n) is 3.70. The minimum atomic E-state index is -0.425. The van der Waals surface area contributed by atoms with Gasteiger partial charge in [-0.25, -0.2) is 13.9 Å². The van der Waals surface area contributed by atoms with E-state index < -0.39 is 5.82 Å². The van der Waals surface area contributed by atoms with Crippen LogP contribution < -0.4 is 5.32 Å². The van der Waals surface area contributed by atoms with Crippen LogP contribution in [0.15, 0.2) is 42.9 Å². The zero-order valence-electron chi connectivity index (χ0n) is 9.14. The first-order valence-corrected chi connectivity index (χ1v) is 5.62. The molecule has 4 nitrogen and oxygen atoms in total. The largest absolute Gasteiger partial charge is 0.336 e. The molecule has 3 aromatic rings. The van der Waals surface area contributed by atoms with Crippen LogP contribution in [0.1, 0.15) is 0 Å². The minimum absolute atomic E-state index is 0.321. The molecule has 0 aliphatic rings. The summed E-state index contributed by atoms with van der Waals surface area (Å²) >= 11 is 5.70. The fourth-order valence-electron chi connectivity index (χ4n) is 1.68. The highest BCUT2D eigenvalue weighted by molar-refractivity contribution is 6.30. The number of hydrogen-bond donors (Lipinski definition) is 1. The summed E-state index contributed by atoms with van der Waals surface area (Å²) in [4.78, 5) is 4.10. The molecule has 90 valence electrons. The Kier molecular flexibility index (Phi) is 2.60. The number of benzene rings is 1. The van der Waals surface area contributed by atoms with Gasteiger partial charge in [-0.05, 0) is 30.3 Å². The van der Waals surface area contributed by atoms with Gasteiger partial charge in [0.2, 0.25) is 0 Å². The van der Waals surface area contributed by atoms with Gasteiger partial charge in [0.15, 0.2) is 5.82 Å². The SMILES string of the molecule is Fc1cc(Cl)ccc1Nc1ncnn2cccc12. The summed E-state index contributed by atoms with van der Waals surface area (Å²) in [5.74, 6) is 0.113. The zero-order chi connectivity index (χ0) is 12.5. The minimum Gasteiger partial charge on any atom is -0.336 e. The van der Waals surface area contributed by atoms with Crippen LogP contribution in [0.5, 0.6) is 0 Å². The molecule has 3 rings (SSSR count). The lowest BCUT2D eigenvalue weighted by molar-refractivity contribution is 0.632. The summed E-state index contributed by atoms with van der Waals surface area (Å²) < 4.78 is 15.3. The lowest BCUT2D eigenvalue weighted by Gasteiger charge is -2.08. The van der Waals surface area contributed by atoms with Gasteiger partial charge in [-0.1, -0.05) is 11.6 Å². The molecule has 1 N–H and O–H groups in total. The summed E-state index contributed by atoms with van der Waals surface area (Å²) in [6.07, 6.45) is 3.20. The van der Waals surface area contributed by atoms with E-state index in [1.165, 1.54) is 12.4 Å². The Morgan fingerprint density at radius 1 is 1.28 bits per heavy atom. The van der Waals surface area contributed by atoms with Gasteiger partial charge < -0.3 is 5.32 Å². The number of nitrogens with zero attached hydrogens (tertiary/aromatic N) is 3. The van der Waals surface area contributed by atoms with Crippen molar-refractivity contribution in [3.8, 4) is 0 Å². The predicted molar refractivity (Wildman–Crippen MR) is 67.7 cm³/mol. The number of aromatic nitrogens is 3. The van der Waals surface area contributed by atoms with E-state index in [4.69, 9.17) is 11.6 Å². The van der Waals surface area contributed by atoms with Gasteiger partial charge >= 0.3 is 0 Å². The molecule has 0 amide bonds. The fourth-order valence-corrected chi connectivity index (χ4v) is 1.84. The van der Waals surface area contributed by atoms with Crippen LogP contribution in [-0.4, -0.2) is 14.6 Å². The van der Waals surface area contributed by atoms with Crippen LogP contribution in [-0.2, 0) is 0 Å². The number of anilines is 2. The van der Waals surface area contributed by atoms with Crippen molar-refractivity contribution < 1.29 is 4.39 Å². The Hall–Kier alpha value is -2.14. The highest BCUT2D eigenvalue weighted by Crippen LogP contribution is 2.23. The normalized spacial score (nSPS) is 10.8. The molecule has 2 heterocycles. The van der Waals surface area contributed by atoms with Gasteiger partial charge in [-0.3, -0.25) is 0 Å². The summed E-state index contributed by atoms with van der Waals surface area (Å²) in [5.41, 5.74) is 1.09. The smallest absolute Gasteiger partial charge is 0.158 e. The van der Waals surface area contributed by atoms with Crippen LogP contribution in [0.4, 0.5) is 15.9 Å². The number of hydrogen-bond acceptors (Lipinski definition) is 3. The van der Waals surface area contributed by atoms with E-state index in [9.17, 15) is 4.39 Å². The van der Waals surface area contributed by atoms with Gasteiger partial charge in [-0.2, -0.15) is 5.10 Å². The molecule has 0 atom stereocenters. The molecular weight excluding hydrogens is 255 g/mol. The van der Waals surface area contributed by atoms with Crippen molar-refractivity contribution in [1.82, 2.24) is 14.6 Å². The maximum Gasteiger partial charge on any atom is 0.158 e. The Bertz CT molecular complexity index is 710. The third-order valence-corrected chi connectivity index (χ3v) is 2.75. The first-order valence-electron chi connectivity index (χ1n) is 5.24. The molecule has 0 saturated carbocycles. The molecule has 1 aromatic carbocycles. The molecule has 0 spiro atoms. The maximum absolute atomic E-state index is 13.7. The quantitative estimate of drug-likeness (QED) is 0.771. The monoisotopic (exact) mass is 262 g/mol. The highest BCUT2D eigenvalue weighted by atomic mass is 35.5. The van der Waals surface area contributed by atoms with Crippen LogP contribution in [0.2, 0.25) is 5.02 Å². The topological polar surface area (TPSA) is 42.2 Å². The second-order valence-corrected chi connectivity index (χ2v) is 4.13. The number of nitrogens with one attached hydrogen (secondary N) is 1.